The highest BCUT2D eigenvalue weighted by atomic mass is 32.2. The minimum Gasteiger partial charge on any atom is -0.344 e. The van der Waals surface area contributed by atoms with Gasteiger partial charge in [-0.1, -0.05) is 12.1 Å². The van der Waals surface area contributed by atoms with Crippen LogP contribution in [0, 0.1) is 5.92 Å². The third-order valence-electron chi connectivity index (χ3n) is 4.28. The number of carbonyl (C=O) groups is 1. The molecule has 7 nitrogen and oxygen atoms in total. The van der Waals surface area contributed by atoms with E-state index in [0.29, 0.717) is 5.56 Å². The molecule has 2 aromatic rings. The van der Waals surface area contributed by atoms with Crippen LogP contribution in [0.3, 0.4) is 0 Å². The van der Waals surface area contributed by atoms with Gasteiger partial charge >= 0.3 is 6.18 Å². The molecule has 3 rings (SSSR count). The number of hydrogen-bond donors (Lipinski definition) is 2. The summed E-state index contributed by atoms with van der Waals surface area (Å²) in [6.07, 6.45) is -2.07. The maximum atomic E-state index is 12.7. The average Bonchev–Trinajstić information content (AvgIpc) is 3.42. The minimum absolute atomic E-state index is 0.0389. The molecule has 11 heteroatoms. The van der Waals surface area contributed by atoms with Crippen molar-refractivity contribution >= 4 is 15.7 Å². The molecule has 1 aromatic carbocycles. The molecule has 0 spiro atoms. The van der Waals surface area contributed by atoms with Crippen molar-refractivity contribution in [2.75, 3.05) is 6.26 Å². The van der Waals surface area contributed by atoms with Gasteiger partial charge in [-0.2, -0.15) is 13.2 Å². The van der Waals surface area contributed by atoms with Crippen LogP contribution < -0.4 is 10.9 Å². The van der Waals surface area contributed by atoms with E-state index < -0.39 is 44.2 Å². The molecule has 0 aliphatic heterocycles. The summed E-state index contributed by atoms with van der Waals surface area (Å²) in [6, 6.07) is 4.74. The quantitative estimate of drug-likeness (QED) is 0.727. The zero-order valence-corrected chi connectivity index (χ0v) is 15.4. The highest BCUT2D eigenvalue weighted by Crippen LogP contribution is 2.41. The molecule has 0 saturated heterocycles. The lowest BCUT2D eigenvalue weighted by molar-refractivity contribution is -0.137. The molecule has 1 unspecified atom stereocenters. The Morgan fingerprint density at radius 1 is 1.25 bits per heavy atom. The van der Waals surface area contributed by atoms with E-state index >= 15 is 0 Å². The Kier molecular flexibility index (Phi) is 5.04. The van der Waals surface area contributed by atoms with Gasteiger partial charge in [0.05, 0.1) is 11.6 Å². The second-order valence-electron chi connectivity index (χ2n) is 6.62. The topological polar surface area (TPSA) is 109 Å². The lowest BCUT2D eigenvalue weighted by Gasteiger charge is -2.19. The summed E-state index contributed by atoms with van der Waals surface area (Å²) < 4.78 is 61.4. The van der Waals surface area contributed by atoms with Crippen LogP contribution in [0.4, 0.5) is 13.2 Å². The SMILES string of the molecule is CS(=O)(=O)c1nc(C(=O)NC(c2ccc(C(F)(F)F)cc2)C2CC2)cc(=O)[nH]1. The molecule has 1 atom stereocenters. The van der Waals surface area contributed by atoms with Crippen molar-refractivity contribution < 1.29 is 26.4 Å². The van der Waals surface area contributed by atoms with Crippen molar-refractivity contribution in [1.82, 2.24) is 15.3 Å². The number of alkyl halides is 3. The predicted octanol–water partition coefficient (Wildman–Crippen LogP) is 2.07. The highest BCUT2D eigenvalue weighted by molar-refractivity contribution is 7.90. The fourth-order valence-electron chi connectivity index (χ4n) is 2.72. The number of rotatable bonds is 5. The molecule has 28 heavy (non-hydrogen) atoms. The summed E-state index contributed by atoms with van der Waals surface area (Å²) in [5.41, 5.74) is -1.51. The molecule has 2 N–H and O–H groups in total. The number of carbonyl (C=O) groups excluding carboxylic acids is 1. The Hall–Kier alpha value is -2.69. The predicted molar refractivity (Wildman–Crippen MR) is 92.3 cm³/mol. The molecule has 0 radical (unpaired) electrons. The van der Waals surface area contributed by atoms with Gasteiger partial charge in [0.15, 0.2) is 0 Å². The van der Waals surface area contributed by atoms with Crippen molar-refractivity contribution in [2.24, 2.45) is 5.92 Å². The lowest BCUT2D eigenvalue weighted by atomic mass is 10.0. The van der Waals surface area contributed by atoms with E-state index in [4.69, 9.17) is 0 Å². The third kappa shape index (κ3) is 4.58. The monoisotopic (exact) mass is 415 g/mol. The molecular formula is C17H16F3N3O4S. The molecule has 1 fully saturated rings. The fraction of sp³-hybridized carbons (Fsp3) is 0.353. The normalized spacial score (nSPS) is 15.9. The van der Waals surface area contributed by atoms with E-state index in [1.165, 1.54) is 12.1 Å². The van der Waals surface area contributed by atoms with E-state index in [2.05, 4.69) is 10.3 Å². The van der Waals surface area contributed by atoms with Gasteiger partial charge < -0.3 is 5.32 Å². The molecular weight excluding hydrogens is 399 g/mol. The highest BCUT2D eigenvalue weighted by Gasteiger charge is 2.35. The third-order valence-corrected chi connectivity index (χ3v) is 5.18. The number of sulfone groups is 1. The molecule has 1 heterocycles. The smallest absolute Gasteiger partial charge is 0.344 e. The van der Waals surface area contributed by atoms with Gasteiger partial charge in [-0.3, -0.25) is 14.6 Å². The van der Waals surface area contributed by atoms with Crippen LogP contribution in [0.1, 0.15) is 40.5 Å². The number of amides is 1. The second kappa shape index (κ2) is 7.04. The van der Waals surface area contributed by atoms with Crippen LogP contribution in [-0.4, -0.2) is 30.5 Å². The number of halogens is 3. The van der Waals surface area contributed by atoms with E-state index in [9.17, 15) is 31.2 Å². The number of hydrogen-bond acceptors (Lipinski definition) is 5. The van der Waals surface area contributed by atoms with E-state index in [1.807, 2.05) is 4.98 Å². The van der Waals surface area contributed by atoms with Crippen molar-refractivity contribution in [1.29, 1.82) is 0 Å². The lowest BCUT2D eigenvalue weighted by Crippen LogP contribution is -2.32. The first-order chi connectivity index (χ1) is 12.9. The van der Waals surface area contributed by atoms with Crippen LogP contribution in [0.25, 0.3) is 0 Å². The zero-order chi connectivity index (χ0) is 20.7. The number of aromatic amines is 1. The Balaban J connectivity index is 1.87. The van der Waals surface area contributed by atoms with Crippen molar-refractivity contribution in [2.45, 2.75) is 30.2 Å². The molecule has 0 bridgehead atoms. The van der Waals surface area contributed by atoms with Crippen LogP contribution in [0.2, 0.25) is 0 Å². The van der Waals surface area contributed by atoms with Crippen LogP contribution in [0.5, 0.6) is 0 Å². The molecule has 1 aromatic heterocycles. The molecule has 1 saturated carbocycles. The van der Waals surface area contributed by atoms with Gasteiger partial charge in [-0.25, -0.2) is 13.4 Å². The number of benzene rings is 1. The number of H-pyrrole nitrogens is 1. The number of nitrogens with one attached hydrogen (secondary N) is 2. The Morgan fingerprint density at radius 2 is 1.86 bits per heavy atom. The molecule has 1 amide bonds. The Labute approximate surface area is 157 Å². The largest absolute Gasteiger partial charge is 0.416 e. The summed E-state index contributed by atoms with van der Waals surface area (Å²) in [5, 5.41) is 2.01. The van der Waals surface area contributed by atoms with Crippen molar-refractivity contribution in [3.8, 4) is 0 Å². The second-order valence-corrected chi connectivity index (χ2v) is 8.55. The average molecular weight is 415 g/mol. The minimum atomic E-state index is -4.46. The van der Waals surface area contributed by atoms with Crippen molar-refractivity contribution in [3.63, 3.8) is 0 Å². The first-order valence-corrected chi connectivity index (χ1v) is 10.1. The maximum absolute atomic E-state index is 12.7. The Bertz CT molecular complexity index is 1060. The summed E-state index contributed by atoms with van der Waals surface area (Å²) in [5.74, 6) is -0.746. The van der Waals surface area contributed by atoms with Gasteiger partial charge in [0, 0.05) is 12.3 Å². The molecule has 1 aliphatic carbocycles. The number of aromatic nitrogens is 2. The van der Waals surface area contributed by atoms with Gasteiger partial charge in [0.25, 0.3) is 11.5 Å². The summed E-state index contributed by atoms with van der Waals surface area (Å²) >= 11 is 0. The summed E-state index contributed by atoms with van der Waals surface area (Å²) in [4.78, 5) is 29.9. The Morgan fingerprint density at radius 3 is 2.36 bits per heavy atom. The van der Waals surface area contributed by atoms with E-state index in [-0.39, 0.29) is 11.6 Å². The van der Waals surface area contributed by atoms with Gasteiger partial charge in [-0.15, -0.1) is 0 Å². The van der Waals surface area contributed by atoms with E-state index in [0.717, 1.165) is 37.3 Å². The zero-order valence-electron chi connectivity index (χ0n) is 14.6. The van der Waals surface area contributed by atoms with Gasteiger partial charge in [0.2, 0.25) is 15.0 Å². The summed E-state index contributed by atoms with van der Waals surface area (Å²) in [6.45, 7) is 0. The van der Waals surface area contributed by atoms with Gasteiger partial charge in [-0.05, 0) is 36.5 Å². The fourth-order valence-corrected chi connectivity index (χ4v) is 3.27. The van der Waals surface area contributed by atoms with E-state index in [1.54, 1.807) is 0 Å². The van der Waals surface area contributed by atoms with Crippen LogP contribution in [0.15, 0.2) is 40.3 Å². The van der Waals surface area contributed by atoms with Crippen LogP contribution >= 0.6 is 0 Å². The number of nitrogens with zero attached hydrogens (tertiary/aromatic N) is 1. The van der Waals surface area contributed by atoms with Gasteiger partial charge in [0.1, 0.15) is 5.69 Å². The first-order valence-electron chi connectivity index (χ1n) is 8.24. The first kappa shape index (κ1) is 20.1. The maximum Gasteiger partial charge on any atom is 0.416 e. The van der Waals surface area contributed by atoms with Crippen LogP contribution in [-0.2, 0) is 16.0 Å². The summed E-state index contributed by atoms with van der Waals surface area (Å²) in [7, 11) is -3.84. The van der Waals surface area contributed by atoms with Crippen molar-refractivity contribution in [3.05, 3.63) is 57.5 Å². The molecule has 150 valence electrons. The standard InChI is InChI=1S/C17H16F3N3O4S/c1-28(26,27)16-21-12(8-13(24)22-16)15(25)23-14(9-2-3-9)10-4-6-11(7-5-10)17(18,19)20/h4-9,14H,2-3H2,1H3,(H,23,25)(H,21,22,24). The molecule has 1 aliphatic rings.